The number of anilines is 1. The van der Waals surface area contributed by atoms with Crippen molar-refractivity contribution in [3.63, 3.8) is 0 Å². The maximum absolute atomic E-state index is 13.1. The first-order valence-electron chi connectivity index (χ1n) is 9.90. The number of hydrogen-bond donors (Lipinski definition) is 0. The summed E-state index contributed by atoms with van der Waals surface area (Å²) in [5.74, 6) is 0. The summed E-state index contributed by atoms with van der Waals surface area (Å²) in [7, 11) is -3.69. The quantitative estimate of drug-likeness (QED) is 0.475. The standard InChI is InChI=1S/C22H23Cl2N3O2S2/c1-14-4-5-17(10-15(14)2)20-13-30-22(25-20)26-6-8-27(9-7-26)31(28,29)21-11-16(3)18(23)12-19(21)24/h4-5,10-13H,6-9H2,1-3H3. The molecule has 1 fully saturated rings. The van der Waals surface area contributed by atoms with Crippen molar-refractivity contribution in [2.45, 2.75) is 25.7 Å². The van der Waals surface area contributed by atoms with Gasteiger partial charge in [0.1, 0.15) is 4.90 Å². The molecule has 31 heavy (non-hydrogen) atoms. The largest absolute Gasteiger partial charge is 0.345 e. The van der Waals surface area contributed by atoms with E-state index in [4.69, 9.17) is 28.2 Å². The van der Waals surface area contributed by atoms with Gasteiger partial charge in [-0.25, -0.2) is 13.4 Å². The van der Waals surface area contributed by atoms with Gasteiger partial charge in [0.05, 0.1) is 10.7 Å². The Kier molecular flexibility index (Phi) is 6.34. The molecule has 0 bridgehead atoms. The summed E-state index contributed by atoms with van der Waals surface area (Å²) in [6.45, 7) is 7.85. The summed E-state index contributed by atoms with van der Waals surface area (Å²) in [6, 6.07) is 9.38. The summed E-state index contributed by atoms with van der Waals surface area (Å²) in [4.78, 5) is 7.04. The minimum absolute atomic E-state index is 0.107. The number of rotatable bonds is 4. The first-order chi connectivity index (χ1) is 14.7. The number of aromatic nitrogens is 1. The van der Waals surface area contributed by atoms with Crippen molar-refractivity contribution in [1.82, 2.24) is 9.29 Å². The lowest BCUT2D eigenvalue weighted by atomic mass is 10.1. The molecule has 5 nitrogen and oxygen atoms in total. The van der Waals surface area contributed by atoms with Crippen molar-refractivity contribution < 1.29 is 8.42 Å². The molecule has 2 heterocycles. The van der Waals surface area contributed by atoms with Gasteiger partial charge in [0.15, 0.2) is 5.13 Å². The number of benzene rings is 2. The van der Waals surface area contributed by atoms with Crippen molar-refractivity contribution in [3.8, 4) is 11.3 Å². The highest BCUT2D eigenvalue weighted by Crippen LogP contribution is 2.32. The van der Waals surface area contributed by atoms with E-state index in [9.17, 15) is 8.42 Å². The number of thiazole rings is 1. The van der Waals surface area contributed by atoms with Gasteiger partial charge in [0.25, 0.3) is 0 Å². The number of hydrogen-bond acceptors (Lipinski definition) is 5. The van der Waals surface area contributed by atoms with Crippen LogP contribution in [0.25, 0.3) is 11.3 Å². The highest BCUT2D eigenvalue weighted by atomic mass is 35.5. The van der Waals surface area contributed by atoms with Crippen LogP contribution < -0.4 is 4.90 Å². The predicted molar refractivity (Wildman–Crippen MR) is 129 cm³/mol. The van der Waals surface area contributed by atoms with Gasteiger partial charge in [-0.15, -0.1) is 11.3 Å². The van der Waals surface area contributed by atoms with Crippen molar-refractivity contribution in [3.05, 3.63) is 62.4 Å². The lowest BCUT2D eigenvalue weighted by Gasteiger charge is -2.34. The van der Waals surface area contributed by atoms with Crippen LogP contribution in [-0.4, -0.2) is 43.9 Å². The second-order valence-electron chi connectivity index (χ2n) is 7.74. The molecule has 0 saturated carbocycles. The van der Waals surface area contributed by atoms with Gasteiger partial charge in [-0.05, 0) is 55.7 Å². The molecule has 0 N–H and O–H groups in total. The monoisotopic (exact) mass is 495 g/mol. The normalized spacial score (nSPS) is 15.5. The van der Waals surface area contributed by atoms with Crippen LogP contribution in [0.15, 0.2) is 40.6 Å². The van der Waals surface area contributed by atoms with Gasteiger partial charge in [-0.3, -0.25) is 0 Å². The molecule has 0 atom stereocenters. The van der Waals surface area contributed by atoms with Crippen LogP contribution in [0.5, 0.6) is 0 Å². The number of aryl methyl sites for hydroxylation is 3. The second-order valence-corrected chi connectivity index (χ2v) is 11.3. The van der Waals surface area contributed by atoms with Crippen LogP contribution >= 0.6 is 34.5 Å². The van der Waals surface area contributed by atoms with E-state index in [1.54, 1.807) is 24.3 Å². The van der Waals surface area contributed by atoms with Gasteiger partial charge in [-0.1, -0.05) is 35.3 Å². The Morgan fingerprint density at radius 1 is 0.903 bits per heavy atom. The molecule has 1 aromatic heterocycles. The zero-order chi connectivity index (χ0) is 22.3. The maximum Gasteiger partial charge on any atom is 0.244 e. The summed E-state index contributed by atoms with van der Waals surface area (Å²) in [5, 5.41) is 3.57. The molecule has 1 aliphatic heterocycles. The zero-order valence-electron chi connectivity index (χ0n) is 17.5. The van der Waals surface area contributed by atoms with Gasteiger partial charge in [0, 0.05) is 42.1 Å². The van der Waals surface area contributed by atoms with E-state index in [2.05, 4.69) is 42.3 Å². The third-order valence-corrected chi connectivity index (χ3v) is 9.31. The van der Waals surface area contributed by atoms with Gasteiger partial charge in [0.2, 0.25) is 10.0 Å². The molecular weight excluding hydrogens is 473 g/mol. The molecule has 1 saturated heterocycles. The lowest BCUT2D eigenvalue weighted by Crippen LogP contribution is -2.48. The van der Waals surface area contributed by atoms with E-state index >= 15 is 0 Å². The van der Waals surface area contributed by atoms with Crippen molar-refractivity contribution in [1.29, 1.82) is 0 Å². The van der Waals surface area contributed by atoms with E-state index < -0.39 is 10.0 Å². The Labute approximate surface area is 197 Å². The first-order valence-corrected chi connectivity index (χ1v) is 13.0. The molecule has 3 aromatic rings. The molecule has 1 aliphatic rings. The molecule has 0 amide bonds. The lowest BCUT2D eigenvalue weighted by molar-refractivity contribution is 0.385. The van der Waals surface area contributed by atoms with Crippen molar-refractivity contribution in [2.75, 3.05) is 31.1 Å². The average molecular weight is 496 g/mol. The number of halogens is 2. The average Bonchev–Trinajstić information content (AvgIpc) is 3.23. The molecule has 0 aliphatic carbocycles. The highest BCUT2D eigenvalue weighted by molar-refractivity contribution is 7.89. The smallest absolute Gasteiger partial charge is 0.244 e. The molecule has 164 valence electrons. The number of nitrogens with zero attached hydrogens (tertiary/aromatic N) is 3. The number of piperazine rings is 1. The third-order valence-electron chi connectivity index (χ3n) is 5.63. The fourth-order valence-corrected chi connectivity index (χ4v) is 6.65. The molecular formula is C22H23Cl2N3O2S2. The SMILES string of the molecule is Cc1ccc(-c2csc(N3CCN(S(=O)(=O)c4cc(C)c(Cl)cc4Cl)CC3)n2)cc1C. The Morgan fingerprint density at radius 2 is 1.61 bits per heavy atom. The summed E-state index contributed by atoms with van der Waals surface area (Å²) in [5.41, 5.74) is 5.22. The highest BCUT2D eigenvalue weighted by Gasteiger charge is 2.31. The van der Waals surface area contributed by atoms with E-state index in [1.807, 2.05) is 0 Å². The summed E-state index contributed by atoms with van der Waals surface area (Å²) in [6.07, 6.45) is 0. The molecule has 4 rings (SSSR count). The van der Waals surface area contributed by atoms with E-state index in [0.29, 0.717) is 36.8 Å². The fraction of sp³-hybridized carbons (Fsp3) is 0.318. The Bertz CT molecular complexity index is 1230. The zero-order valence-corrected chi connectivity index (χ0v) is 20.7. The third kappa shape index (κ3) is 4.47. The predicted octanol–water partition coefficient (Wildman–Crippen LogP) is 5.55. The van der Waals surface area contributed by atoms with Crippen molar-refractivity contribution in [2.24, 2.45) is 0 Å². The molecule has 0 unspecified atom stereocenters. The van der Waals surface area contributed by atoms with Gasteiger partial charge >= 0.3 is 0 Å². The summed E-state index contributed by atoms with van der Waals surface area (Å²) < 4.78 is 27.7. The molecule has 2 aromatic carbocycles. The van der Waals surface area contributed by atoms with Gasteiger partial charge in [-0.2, -0.15) is 4.31 Å². The molecule has 9 heteroatoms. The second kappa shape index (κ2) is 8.71. The van der Waals surface area contributed by atoms with Crippen LogP contribution in [0, 0.1) is 20.8 Å². The Morgan fingerprint density at radius 3 is 2.29 bits per heavy atom. The molecule has 0 radical (unpaired) electrons. The van der Waals surface area contributed by atoms with Crippen LogP contribution in [0.1, 0.15) is 16.7 Å². The van der Waals surface area contributed by atoms with Crippen LogP contribution in [-0.2, 0) is 10.0 Å². The van der Waals surface area contributed by atoms with Crippen LogP contribution in [0.2, 0.25) is 10.0 Å². The van der Waals surface area contributed by atoms with Crippen molar-refractivity contribution >= 4 is 49.7 Å². The van der Waals surface area contributed by atoms with E-state index in [0.717, 1.165) is 16.4 Å². The number of sulfonamides is 1. The van der Waals surface area contributed by atoms with Crippen LogP contribution in [0.3, 0.4) is 0 Å². The van der Waals surface area contributed by atoms with Crippen LogP contribution in [0.4, 0.5) is 5.13 Å². The van der Waals surface area contributed by atoms with E-state index in [-0.39, 0.29) is 9.92 Å². The minimum Gasteiger partial charge on any atom is -0.345 e. The minimum atomic E-state index is -3.69. The Balaban J connectivity index is 1.48. The maximum atomic E-state index is 13.1. The topological polar surface area (TPSA) is 53.5 Å². The van der Waals surface area contributed by atoms with Gasteiger partial charge < -0.3 is 4.90 Å². The van der Waals surface area contributed by atoms with E-state index in [1.165, 1.54) is 21.5 Å². The molecule has 0 spiro atoms. The fourth-order valence-electron chi connectivity index (χ4n) is 3.53. The Hall–Kier alpha value is -1.64. The first kappa shape index (κ1) is 22.6. The summed E-state index contributed by atoms with van der Waals surface area (Å²) >= 11 is 13.9.